The van der Waals surface area contributed by atoms with Crippen molar-refractivity contribution in [1.29, 1.82) is 0 Å². The van der Waals surface area contributed by atoms with Crippen LogP contribution >= 0.6 is 0 Å². The maximum atomic E-state index is 11.7. The van der Waals surface area contributed by atoms with Crippen LogP contribution in [0.25, 0.3) is 0 Å². The topological polar surface area (TPSA) is 126 Å². The third kappa shape index (κ3) is 7.23. The Bertz CT molecular complexity index is 575. The zero-order valence-corrected chi connectivity index (χ0v) is 15.9. The molecule has 0 saturated heterocycles. The van der Waals surface area contributed by atoms with Crippen LogP contribution in [0.1, 0.15) is 33.5 Å². The van der Waals surface area contributed by atoms with E-state index in [0.717, 1.165) is 0 Å². The van der Waals surface area contributed by atoms with E-state index in [-0.39, 0.29) is 65.7 Å². The number of nitrogens with one attached hydrogen (secondary N) is 1. The fourth-order valence-electron chi connectivity index (χ4n) is 1.52. The summed E-state index contributed by atoms with van der Waals surface area (Å²) in [5, 5.41) is 21.2. The van der Waals surface area contributed by atoms with Gasteiger partial charge in [-0.3, -0.25) is 14.6 Å². The minimum absolute atomic E-state index is 0. The number of nitrogens with zero attached hydrogens (tertiary/aromatic N) is 1. The van der Waals surface area contributed by atoms with Crippen molar-refractivity contribution in [1.82, 2.24) is 10.3 Å². The normalized spacial score (nSPS) is 11.8. The van der Waals surface area contributed by atoms with E-state index >= 15 is 0 Å². The van der Waals surface area contributed by atoms with Crippen LogP contribution in [0.2, 0.25) is 0 Å². The first kappa shape index (κ1) is 22.9. The summed E-state index contributed by atoms with van der Waals surface area (Å²) < 4.78 is 4.60. The minimum Gasteiger partial charge on any atom is -1.00 e. The summed E-state index contributed by atoms with van der Waals surface area (Å²) in [5.41, 5.74) is -0.856. The van der Waals surface area contributed by atoms with Crippen LogP contribution in [0.15, 0.2) is 24.5 Å². The summed E-state index contributed by atoms with van der Waals surface area (Å²) in [7, 11) is 0. The van der Waals surface area contributed by atoms with Gasteiger partial charge in [0.2, 0.25) is 5.91 Å². The Morgan fingerprint density at radius 3 is 2.62 bits per heavy atom. The quantitative estimate of drug-likeness (QED) is 0.337. The van der Waals surface area contributed by atoms with Gasteiger partial charge < -0.3 is 23.1 Å². The van der Waals surface area contributed by atoms with Crippen LogP contribution in [0.5, 0.6) is 0 Å². The molecule has 24 heavy (non-hydrogen) atoms. The molecule has 0 radical (unpaired) electrons. The largest absolute Gasteiger partial charge is 2.00 e. The summed E-state index contributed by atoms with van der Waals surface area (Å²) in [4.78, 5) is 38.5. The first-order chi connectivity index (χ1) is 10.8. The molecule has 8 nitrogen and oxygen atoms in total. The van der Waals surface area contributed by atoms with Crippen molar-refractivity contribution >= 4 is 55.6 Å². The Balaban J connectivity index is -0.00000176. The van der Waals surface area contributed by atoms with E-state index in [1.807, 2.05) is 0 Å². The van der Waals surface area contributed by atoms with Gasteiger partial charge in [0.05, 0.1) is 18.6 Å². The van der Waals surface area contributed by atoms with Crippen molar-refractivity contribution in [2.45, 2.75) is 26.4 Å². The van der Waals surface area contributed by atoms with E-state index in [2.05, 4.69) is 15.0 Å². The van der Waals surface area contributed by atoms with E-state index in [1.165, 1.54) is 38.4 Å². The van der Waals surface area contributed by atoms with E-state index in [1.54, 1.807) is 0 Å². The molecular weight excluding hydrogens is 344 g/mol. The van der Waals surface area contributed by atoms with Crippen molar-refractivity contribution in [3.05, 3.63) is 30.1 Å². The van der Waals surface area contributed by atoms with Crippen LogP contribution in [0, 0.1) is 5.41 Å². The fraction of sp³-hybridized carbons (Fsp3) is 0.467. The molecule has 0 aliphatic rings. The second-order valence-electron chi connectivity index (χ2n) is 5.59. The molecule has 1 amide bonds. The van der Waals surface area contributed by atoms with Gasteiger partial charge in [-0.15, -0.1) is 0 Å². The summed E-state index contributed by atoms with van der Waals surface area (Å²) in [5.74, 6) is -2.35. The molecule has 0 saturated carbocycles. The molecular formula is C15H22CaN2O6. The maximum absolute atomic E-state index is 11.7. The summed E-state index contributed by atoms with van der Waals surface area (Å²) >= 11 is 0. The molecule has 1 aromatic rings. The Hall–Kier alpha value is -1.06. The van der Waals surface area contributed by atoms with Gasteiger partial charge in [-0.05, 0) is 12.1 Å². The SMILES string of the molecule is CC(C)(CO)[C@@H](O)C(=O)NCCC(=O)OC(=O)c1cccnc1.[Ca+2].[H-].[H-]. The Morgan fingerprint density at radius 2 is 2.08 bits per heavy atom. The van der Waals surface area contributed by atoms with Crippen molar-refractivity contribution in [2.24, 2.45) is 5.41 Å². The first-order valence-electron chi connectivity index (χ1n) is 6.99. The van der Waals surface area contributed by atoms with Crippen molar-refractivity contribution in [3.8, 4) is 0 Å². The van der Waals surface area contributed by atoms with Crippen LogP contribution in [0.3, 0.4) is 0 Å². The first-order valence-corrected chi connectivity index (χ1v) is 6.99. The van der Waals surface area contributed by atoms with Gasteiger partial charge in [-0.1, -0.05) is 13.8 Å². The molecule has 0 fully saturated rings. The number of pyridine rings is 1. The Morgan fingerprint density at radius 1 is 1.42 bits per heavy atom. The molecule has 1 aromatic heterocycles. The summed E-state index contributed by atoms with van der Waals surface area (Å²) in [6.07, 6.45) is 1.10. The van der Waals surface area contributed by atoms with Crippen LogP contribution in [0.4, 0.5) is 0 Å². The Labute approximate surface area is 172 Å². The van der Waals surface area contributed by atoms with E-state index in [9.17, 15) is 19.5 Å². The van der Waals surface area contributed by atoms with Gasteiger partial charge in [-0.2, -0.15) is 0 Å². The molecule has 1 rings (SSSR count). The third-order valence-corrected chi connectivity index (χ3v) is 3.13. The molecule has 1 heterocycles. The fourth-order valence-corrected chi connectivity index (χ4v) is 1.52. The number of carbonyl (C=O) groups excluding carboxylic acids is 3. The minimum atomic E-state index is -1.42. The van der Waals surface area contributed by atoms with E-state index in [0.29, 0.717) is 0 Å². The average Bonchev–Trinajstić information content (AvgIpc) is 2.54. The number of carbonyl (C=O) groups is 3. The average molecular weight is 366 g/mol. The van der Waals surface area contributed by atoms with Crippen LogP contribution in [-0.2, 0) is 14.3 Å². The standard InChI is InChI=1S/C15H20N2O6.Ca.2H/c1-15(2,9-18)12(20)13(21)17-7-5-11(19)23-14(22)10-4-3-6-16-8-10;;;/h3-4,6,8,12,18,20H,5,7,9H2,1-2H3,(H,17,21);;;/q;+2;2*-1/t12-;;;/m0.../s1. The number of aromatic nitrogens is 1. The van der Waals surface area contributed by atoms with Gasteiger partial charge in [0.25, 0.3) is 0 Å². The summed E-state index contributed by atoms with van der Waals surface area (Å²) in [6.45, 7) is 2.58. The zero-order valence-electron chi connectivity index (χ0n) is 15.7. The van der Waals surface area contributed by atoms with E-state index < -0.39 is 29.4 Å². The van der Waals surface area contributed by atoms with Gasteiger partial charge in [0.15, 0.2) is 0 Å². The number of esters is 2. The number of hydrogen-bond donors (Lipinski definition) is 3. The van der Waals surface area contributed by atoms with Crippen molar-refractivity contribution in [2.75, 3.05) is 13.2 Å². The van der Waals surface area contributed by atoms with Gasteiger partial charge in [-0.25, -0.2) is 4.79 Å². The molecule has 0 spiro atoms. The molecule has 0 unspecified atom stereocenters. The number of aliphatic hydroxyl groups is 2. The van der Waals surface area contributed by atoms with Gasteiger partial charge in [0, 0.05) is 24.4 Å². The summed E-state index contributed by atoms with van der Waals surface area (Å²) in [6, 6.07) is 2.99. The van der Waals surface area contributed by atoms with Crippen LogP contribution < -0.4 is 5.32 Å². The molecule has 9 heteroatoms. The van der Waals surface area contributed by atoms with Crippen molar-refractivity contribution in [3.63, 3.8) is 0 Å². The molecule has 130 valence electrons. The maximum Gasteiger partial charge on any atom is 2.00 e. The molecule has 0 aliphatic heterocycles. The second kappa shape index (κ2) is 10.7. The van der Waals surface area contributed by atoms with Crippen molar-refractivity contribution < 1.29 is 32.2 Å². The molecule has 3 N–H and O–H groups in total. The second-order valence-corrected chi connectivity index (χ2v) is 5.59. The number of ether oxygens (including phenoxy) is 1. The predicted octanol–water partition coefficient (Wildman–Crippen LogP) is -0.505. The molecule has 0 aliphatic carbocycles. The Kier molecular flexibility index (Phi) is 10.3. The smallest absolute Gasteiger partial charge is 1.00 e. The van der Waals surface area contributed by atoms with Crippen LogP contribution in [-0.4, -0.2) is 90.0 Å². The third-order valence-electron chi connectivity index (χ3n) is 3.13. The molecule has 1 atom stereocenters. The number of amides is 1. The number of hydrogen-bond acceptors (Lipinski definition) is 7. The van der Waals surface area contributed by atoms with Gasteiger partial charge >= 0.3 is 49.7 Å². The monoisotopic (exact) mass is 366 g/mol. The van der Waals surface area contributed by atoms with E-state index in [4.69, 9.17) is 5.11 Å². The number of rotatable bonds is 7. The number of aliphatic hydroxyl groups excluding tert-OH is 2. The molecule has 0 bridgehead atoms. The van der Waals surface area contributed by atoms with Gasteiger partial charge in [0.1, 0.15) is 6.10 Å². The predicted molar refractivity (Wildman–Crippen MR) is 87.1 cm³/mol. The molecule has 0 aromatic carbocycles. The zero-order chi connectivity index (χ0) is 17.5.